The van der Waals surface area contributed by atoms with Crippen LogP contribution in [-0.2, 0) is 11.2 Å². The second-order valence-electron chi connectivity index (χ2n) is 7.18. The first-order valence-electron chi connectivity index (χ1n) is 8.76. The highest BCUT2D eigenvalue weighted by atomic mass is 79.9. The van der Waals surface area contributed by atoms with Crippen molar-refractivity contribution >= 4 is 21.8 Å². The molecule has 1 saturated carbocycles. The largest absolute Gasteiger partial charge is 0.341 e. The maximum absolute atomic E-state index is 12.8. The molecule has 3 atom stereocenters. The lowest BCUT2D eigenvalue weighted by atomic mass is 9.75. The predicted octanol–water partition coefficient (Wildman–Crippen LogP) is 3.71. The molecule has 0 spiro atoms. The summed E-state index contributed by atoms with van der Waals surface area (Å²) in [5.41, 5.74) is 1.09. The van der Waals surface area contributed by atoms with Crippen LogP contribution in [0.4, 0.5) is 0 Å². The van der Waals surface area contributed by atoms with Crippen molar-refractivity contribution in [2.45, 2.75) is 50.6 Å². The van der Waals surface area contributed by atoms with Crippen LogP contribution in [0.5, 0.6) is 0 Å². The molecule has 1 saturated heterocycles. The molecule has 1 aliphatic heterocycles. The van der Waals surface area contributed by atoms with Crippen molar-refractivity contribution in [1.82, 2.24) is 9.80 Å². The molecule has 4 heteroatoms. The summed E-state index contributed by atoms with van der Waals surface area (Å²) in [6.07, 6.45) is 6.88. The molecule has 2 aliphatic rings. The molecule has 0 bridgehead atoms. The third kappa shape index (κ3) is 3.80. The number of carbonyl (C=O) groups excluding carboxylic acids is 1. The van der Waals surface area contributed by atoms with Gasteiger partial charge in [0.05, 0.1) is 6.42 Å². The summed E-state index contributed by atoms with van der Waals surface area (Å²) in [6.45, 7) is 1.17. The minimum atomic E-state index is 0.247. The van der Waals surface area contributed by atoms with E-state index in [-0.39, 0.29) is 5.91 Å². The number of rotatable bonds is 3. The van der Waals surface area contributed by atoms with E-state index >= 15 is 0 Å². The molecule has 3 nitrogen and oxygen atoms in total. The normalized spacial score (nSPS) is 28.2. The third-order valence-electron chi connectivity index (χ3n) is 5.71. The molecule has 0 unspecified atom stereocenters. The lowest BCUT2D eigenvalue weighted by Crippen LogP contribution is -2.58. The molecular formula is C19H27BrN2O. The van der Waals surface area contributed by atoms with Gasteiger partial charge in [-0.25, -0.2) is 0 Å². The molecule has 3 rings (SSSR count). The Morgan fingerprint density at radius 1 is 1.22 bits per heavy atom. The number of nitrogens with zero attached hydrogens (tertiary/aromatic N) is 2. The number of carbonyl (C=O) groups is 1. The molecule has 1 aliphatic carbocycles. The van der Waals surface area contributed by atoms with Crippen molar-refractivity contribution in [2.75, 3.05) is 20.6 Å². The summed E-state index contributed by atoms with van der Waals surface area (Å²) >= 11 is 3.45. The highest BCUT2D eigenvalue weighted by Gasteiger charge is 2.40. The molecule has 1 amide bonds. The van der Waals surface area contributed by atoms with Gasteiger partial charge in [0.2, 0.25) is 5.91 Å². The number of fused-ring (bicyclic) bond motifs is 1. The van der Waals surface area contributed by atoms with Gasteiger partial charge in [-0.05, 0) is 62.9 Å². The maximum atomic E-state index is 12.8. The quantitative estimate of drug-likeness (QED) is 0.799. The van der Waals surface area contributed by atoms with E-state index in [1.807, 2.05) is 36.2 Å². The summed E-state index contributed by atoms with van der Waals surface area (Å²) in [5, 5.41) is 0. The monoisotopic (exact) mass is 378 g/mol. The molecule has 126 valence electrons. The maximum Gasteiger partial charge on any atom is 0.227 e. The van der Waals surface area contributed by atoms with E-state index in [4.69, 9.17) is 0 Å². The highest BCUT2D eigenvalue weighted by Crippen LogP contribution is 2.36. The Balaban J connectivity index is 1.69. The first kappa shape index (κ1) is 17.0. The van der Waals surface area contributed by atoms with Crippen molar-refractivity contribution in [3.63, 3.8) is 0 Å². The number of benzene rings is 1. The standard InChI is InChI=1S/C19H27BrN2O/c1-21-12-4-6-15-5-3-7-17(19(15)21)22(2)18(23)13-14-8-10-16(20)11-9-14/h8-11,15,17,19H,3-7,12-13H2,1-2H3/t15-,17+,19+/m1/s1. The summed E-state index contributed by atoms with van der Waals surface area (Å²) in [7, 11) is 4.25. The van der Waals surface area contributed by atoms with Crippen molar-refractivity contribution in [2.24, 2.45) is 5.92 Å². The van der Waals surface area contributed by atoms with Gasteiger partial charge >= 0.3 is 0 Å². The lowest BCUT2D eigenvalue weighted by molar-refractivity contribution is -0.134. The first-order valence-corrected chi connectivity index (χ1v) is 9.56. The van der Waals surface area contributed by atoms with Gasteiger partial charge < -0.3 is 9.80 Å². The van der Waals surface area contributed by atoms with Gasteiger partial charge in [0.1, 0.15) is 0 Å². The zero-order valence-corrected chi connectivity index (χ0v) is 15.8. The SMILES string of the molecule is CN1CCC[C@H]2CCC[C@H](N(C)C(=O)Cc3ccc(Br)cc3)[C@H]21. The smallest absolute Gasteiger partial charge is 0.227 e. The number of amides is 1. The van der Waals surface area contributed by atoms with Crippen LogP contribution in [0.25, 0.3) is 0 Å². The molecule has 0 aromatic heterocycles. The second-order valence-corrected chi connectivity index (χ2v) is 8.10. The van der Waals surface area contributed by atoms with Crippen LogP contribution in [0, 0.1) is 5.92 Å². The molecule has 1 heterocycles. The van der Waals surface area contributed by atoms with Crippen LogP contribution in [0.2, 0.25) is 0 Å². The van der Waals surface area contributed by atoms with Crippen LogP contribution in [0.1, 0.15) is 37.7 Å². The number of halogens is 1. The van der Waals surface area contributed by atoms with Crippen LogP contribution in [-0.4, -0.2) is 48.4 Å². The van der Waals surface area contributed by atoms with E-state index in [0.29, 0.717) is 18.5 Å². The number of hydrogen-bond acceptors (Lipinski definition) is 2. The summed E-state index contributed by atoms with van der Waals surface area (Å²) < 4.78 is 1.06. The van der Waals surface area contributed by atoms with Crippen LogP contribution in [0.15, 0.2) is 28.7 Å². The molecular weight excluding hydrogens is 352 g/mol. The molecule has 23 heavy (non-hydrogen) atoms. The van der Waals surface area contributed by atoms with E-state index < -0.39 is 0 Å². The minimum Gasteiger partial charge on any atom is -0.341 e. The molecule has 1 aromatic rings. The average Bonchev–Trinajstić information content (AvgIpc) is 2.56. The van der Waals surface area contributed by atoms with E-state index in [1.54, 1.807) is 0 Å². The van der Waals surface area contributed by atoms with E-state index in [1.165, 1.54) is 32.2 Å². The fourth-order valence-electron chi connectivity index (χ4n) is 4.47. The number of likely N-dealkylation sites (N-methyl/N-ethyl adjacent to an activating group) is 2. The molecule has 0 N–H and O–H groups in total. The van der Waals surface area contributed by atoms with Crippen LogP contribution in [0.3, 0.4) is 0 Å². The van der Waals surface area contributed by atoms with Gasteiger partial charge in [-0.3, -0.25) is 4.79 Å². The molecule has 2 fully saturated rings. The lowest BCUT2D eigenvalue weighted by Gasteiger charge is -2.49. The van der Waals surface area contributed by atoms with Gasteiger partial charge in [-0.1, -0.05) is 34.5 Å². The highest BCUT2D eigenvalue weighted by molar-refractivity contribution is 9.10. The van der Waals surface area contributed by atoms with Crippen LogP contribution >= 0.6 is 15.9 Å². The Labute approximate surface area is 148 Å². The van der Waals surface area contributed by atoms with E-state index in [9.17, 15) is 4.79 Å². The Kier molecular flexibility index (Phi) is 5.42. The van der Waals surface area contributed by atoms with Crippen molar-refractivity contribution in [1.29, 1.82) is 0 Å². The molecule has 1 aromatic carbocycles. The number of likely N-dealkylation sites (tertiary alicyclic amines) is 1. The van der Waals surface area contributed by atoms with Gasteiger partial charge in [0, 0.05) is 23.6 Å². The average molecular weight is 379 g/mol. The van der Waals surface area contributed by atoms with Gasteiger partial charge in [-0.15, -0.1) is 0 Å². The molecule has 0 radical (unpaired) electrons. The van der Waals surface area contributed by atoms with Crippen molar-refractivity contribution in [3.05, 3.63) is 34.3 Å². The third-order valence-corrected chi connectivity index (χ3v) is 6.23. The number of piperidine rings is 1. The van der Waals surface area contributed by atoms with E-state index in [2.05, 4.69) is 27.9 Å². The second kappa shape index (κ2) is 7.35. The Bertz CT molecular complexity index is 543. The van der Waals surface area contributed by atoms with Gasteiger partial charge in [-0.2, -0.15) is 0 Å². The van der Waals surface area contributed by atoms with E-state index in [0.717, 1.165) is 22.4 Å². The zero-order valence-electron chi connectivity index (χ0n) is 14.2. The summed E-state index contributed by atoms with van der Waals surface area (Å²) in [6, 6.07) is 9.01. The van der Waals surface area contributed by atoms with Crippen LogP contribution < -0.4 is 0 Å². The minimum absolute atomic E-state index is 0.247. The summed E-state index contributed by atoms with van der Waals surface area (Å²) in [5.74, 6) is 1.02. The summed E-state index contributed by atoms with van der Waals surface area (Å²) in [4.78, 5) is 17.3. The predicted molar refractivity (Wildman–Crippen MR) is 97.4 cm³/mol. The first-order chi connectivity index (χ1) is 11.1. The number of hydrogen-bond donors (Lipinski definition) is 0. The van der Waals surface area contributed by atoms with Crippen molar-refractivity contribution < 1.29 is 4.79 Å². The fourth-order valence-corrected chi connectivity index (χ4v) is 4.74. The Morgan fingerprint density at radius 3 is 2.65 bits per heavy atom. The Hall–Kier alpha value is -0.870. The topological polar surface area (TPSA) is 23.6 Å². The van der Waals surface area contributed by atoms with Gasteiger partial charge in [0.15, 0.2) is 0 Å². The Morgan fingerprint density at radius 2 is 1.91 bits per heavy atom. The fraction of sp³-hybridized carbons (Fsp3) is 0.632. The van der Waals surface area contributed by atoms with Crippen molar-refractivity contribution in [3.8, 4) is 0 Å². The zero-order chi connectivity index (χ0) is 16.4. The van der Waals surface area contributed by atoms with Gasteiger partial charge in [0.25, 0.3) is 0 Å².